The SMILES string of the molecule is CCn1cc(O[C@@H]2COC[C@@H]2NC(=O)CCc2cncn2C)cn1. The molecule has 0 spiro atoms. The number of hydrogen-bond acceptors (Lipinski definition) is 5. The third-order valence-electron chi connectivity index (χ3n) is 4.12. The average molecular weight is 333 g/mol. The van der Waals surface area contributed by atoms with Gasteiger partial charge in [0.15, 0.2) is 5.75 Å². The number of aromatic nitrogens is 4. The maximum atomic E-state index is 12.2. The van der Waals surface area contributed by atoms with E-state index in [4.69, 9.17) is 9.47 Å². The summed E-state index contributed by atoms with van der Waals surface area (Å²) in [5, 5.41) is 7.19. The lowest BCUT2D eigenvalue weighted by molar-refractivity contribution is -0.122. The van der Waals surface area contributed by atoms with Crippen molar-refractivity contribution < 1.29 is 14.3 Å². The second-order valence-corrected chi connectivity index (χ2v) is 5.90. The van der Waals surface area contributed by atoms with Crippen LogP contribution in [0.15, 0.2) is 24.9 Å². The summed E-state index contributed by atoms with van der Waals surface area (Å²) in [5.74, 6) is 0.686. The van der Waals surface area contributed by atoms with Crippen LogP contribution in [0.2, 0.25) is 0 Å². The van der Waals surface area contributed by atoms with Crippen molar-refractivity contribution in [1.29, 1.82) is 0 Å². The Morgan fingerprint density at radius 3 is 3.04 bits per heavy atom. The number of carbonyl (C=O) groups is 1. The van der Waals surface area contributed by atoms with Crippen LogP contribution in [0.25, 0.3) is 0 Å². The van der Waals surface area contributed by atoms with E-state index in [1.165, 1.54) is 0 Å². The van der Waals surface area contributed by atoms with Crippen molar-refractivity contribution in [3.63, 3.8) is 0 Å². The molecule has 1 amide bonds. The van der Waals surface area contributed by atoms with Gasteiger partial charge in [-0.3, -0.25) is 9.48 Å². The molecule has 2 atom stereocenters. The number of carbonyl (C=O) groups excluding carboxylic acids is 1. The summed E-state index contributed by atoms with van der Waals surface area (Å²) in [6, 6.07) is -0.144. The number of aryl methyl sites for hydroxylation is 3. The summed E-state index contributed by atoms with van der Waals surface area (Å²) in [5.41, 5.74) is 1.03. The van der Waals surface area contributed by atoms with Gasteiger partial charge in [-0.1, -0.05) is 0 Å². The molecule has 2 aromatic heterocycles. The second kappa shape index (κ2) is 7.48. The highest BCUT2D eigenvalue weighted by Gasteiger charge is 2.31. The van der Waals surface area contributed by atoms with Crippen LogP contribution in [-0.2, 0) is 29.5 Å². The molecule has 1 saturated heterocycles. The molecule has 0 aliphatic carbocycles. The van der Waals surface area contributed by atoms with Crippen LogP contribution in [0.4, 0.5) is 0 Å². The first-order chi connectivity index (χ1) is 11.7. The third-order valence-corrected chi connectivity index (χ3v) is 4.12. The summed E-state index contributed by atoms with van der Waals surface area (Å²) < 4.78 is 15.1. The van der Waals surface area contributed by atoms with Crippen molar-refractivity contribution in [2.45, 2.75) is 38.5 Å². The van der Waals surface area contributed by atoms with Gasteiger partial charge in [-0.15, -0.1) is 0 Å². The molecule has 1 N–H and O–H groups in total. The molecule has 1 aliphatic rings. The highest BCUT2D eigenvalue weighted by atomic mass is 16.5. The van der Waals surface area contributed by atoms with Crippen molar-refractivity contribution in [1.82, 2.24) is 24.6 Å². The first-order valence-corrected chi connectivity index (χ1v) is 8.17. The largest absolute Gasteiger partial charge is 0.482 e. The minimum absolute atomic E-state index is 0.00967. The Morgan fingerprint density at radius 2 is 2.33 bits per heavy atom. The van der Waals surface area contributed by atoms with Gasteiger partial charge in [0.1, 0.15) is 6.10 Å². The van der Waals surface area contributed by atoms with E-state index in [-0.39, 0.29) is 18.1 Å². The molecule has 8 heteroatoms. The number of amides is 1. The lowest BCUT2D eigenvalue weighted by Crippen LogP contribution is -2.45. The summed E-state index contributed by atoms with van der Waals surface area (Å²) in [6.45, 7) is 3.73. The highest BCUT2D eigenvalue weighted by Crippen LogP contribution is 2.16. The fraction of sp³-hybridized carbons (Fsp3) is 0.562. The average Bonchev–Trinajstić information content (AvgIpc) is 3.29. The van der Waals surface area contributed by atoms with Gasteiger partial charge in [-0.2, -0.15) is 5.10 Å². The summed E-state index contributed by atoms with van der Waals surface area (Å²) in [4.78, 5) is 16.2. The maximum absolute atomic E-state index is 12.2. The Labute approximate surface area is 140 Å². The van der Waals surface area contributed by atoms with E-state index in [2.05, 4.69) is 15.4 Å². The van der Waals surface area contributed by atoms with Gasteiger partial charge in [0.05, 0.1) is 38.0 Å². The molecule has 130 valence electrons. The maximum Gasteiger partial charge on any atom is 0.220 e. The summed E-state index contributed by atoms with van der Waals surface area (Å²) in [6.07, 6.45) is 7.92. The summed E-state index contributed by atoms with van der Waals surface area (Å²) in [7, 11) is 1.92. The monoisotopic (exact) mass is 333 g/mol. The third kappa shape index (κ3) is 3.94. The molecule has 24 heavy (non-hydrogen) atoms. The first kappa shape index (κ1) is 16.5. The Balaban J connectivity index is 1.49. The number of nitrogens with zero attached hydrogens (tertiary/aromatic N) is 4. The Morgan fingerprint density at radius 1 is 1.46 bits per heavy atom. The number of ether oxygens (including phenoxy) is 2. The predicted molar refractivity (Wildman–Crippen MR) is 86.6 cm³/mol. The lowest BCUT2D eigenvalue weighted by Gasteiger charge is -2.19. The van der Waals surface area contributed by atoms with Crippen molar-refractivity contribution in [3.05, 3.63) is 30.6 Å². The van der Waals surface area contributed by atoms with Gasteiger partial charge in [-0.25, -0.2) is 4.98 Å². The minimum atomic E-state index is -0.194. The molecule has 0 radical (unpaired) electrons. The topological polar surface area (TPSA) is 83.2 Å². The van der Waals surface area contributed by atoms with Gasteiger partial charge < -0.3 is 19.4 Å². The molecule has 0 saturated carbocycles. The highest BCUT2D eigenvalue weighted by molar-refractivity contribution is 5.76. The van der Waals surface area contributed by atoms with Gasteiger partial charge in [0, 0.05) is 31.9 Å². The molecule has 3 heterocycles. The molecule has 1 fully saturated rings. The van der Waals surface area contributed by atoms with Crippen molar-refractivity contribution >= 4 is 5.91 Å². The normalized spacial score (nSPS) is 20.2. The predicted octanol–water partition coefficient (Wildman–Crippen LogP) is 0.532. The van der Waals surface area contributed by atoms with Crippen molar-refractivity contribution in [2.75, 3.05) is 13.2 Å². The Hall–Kier alpha value is -2.35. The zero-order valence-electron chi connectivity index (χ0n) is 14.0. The molecule has 1 aliphatic heterocycles. The summed E-state index contributed by atoms with van der Waals surface area (Å²) >= 11 is 0. The smallest absolute Gasteiger partial charge is 0.220 e. The van der Waals surface area contributed by atoms with E-state index in [0.717, 1.165) is 12.2 Å². The molecule has 0 bridgehead atoms. The van der Waals surface area contributed by atoms with Crippen LogP contribution in [0.3, 0.4) is 0 Å². The first-order valence-electron chi connectivity index (χ1n) is 8.17. The van der Waals surface area contributed by atoms with Gasteiger partial charge >= 0.3 is 0 Å². The molecule has 0 unspecified atom stereocenters. The zero-order chi connectivity index (χ0) is 16.9. The number of imidazole rings is 1. The standard InChI is InChI=1S/C16H23N5O3/c1-3-21-8-13(7-18-21)24-15-10-23-9-14(15)19-16(22)5-4-12-6-17-11-20(12)2/h6-8,11,14-15H,3-5,9-10H2,1-2H3,(H,19,22)/t14-,15+/m0/s1. The van der Waals surface area contributed by atoms with Crippen LogP contribution < -0.4 is 10.1 Å². The molecular weight excluding hydrogens is 310 g/mol. The second-order valence-electron chi connectivity index (χ2n) is 5.90. The van der Waals surface area contributed by atoms with Gasteiger partial charge in [0.2, 0.25) is 5.91 Å². The minimum Gasteiger partial charge on any atom is -0.482 e. The zero-order valence-corrected chi connectivity index (χ0v) is 14.0. The van der Waals surface area contributed by atoms with E-state index in [0.29, 0.717) is 31.8 Å². The van der Waals surface area contributed by atoms with Crippen LogP contribution in [0, 0.1) is 0 Å². The quantitative estimate of drug-likeness (QED) is 0.799. The van der Waals surface area contributed by atoms with Crippen LogP contribution in [0.1, 0.15) is 19.0 Å². The number of rotatable bonds is 7. The Kier molecular flexibility index (Phi) is 5.14. The van der Waals surface area contributed by atoms with Crippen molar-refractivity contribution in [2.24, 2.45) is 7.05 Å². The molecule has 3 rings (SSSR count). The van der Waals surface area contributed by atoms with E-state index >= 15 is 0 Å². The van der Waals surface area contributed by atoms with E-state index in [1.54, 1.807) is 23.4 Å². The van der Waals surface area contributed by atoms with E-state index in [1.807, 2.05) is 24.7 Å². The van der Waals surface area contributed by atoms with Crippen LogP contribution in [-0.4, -0.2) is 50.6 Å². The van der Waals surface area contributed by atoms with E-state index in [9.17, 15) is 4.79 Å². The van der Waals surface area contributed by atoms with Gasteiger partial charge in [-0.05, 0) is 13.3 Å². The molecular formula is C16H23N5O3. The number of hydrogen-bond donors (Lipinski definition) is 1. The fourth-order valence-corrected chi connectivity index (χ4v) is 2.68. The van der Waals surface area contributed by atoms with Crippen molar-refractivity contribution in [3.8, 4) is 5.75 Å². The molecule has 0 aromatic carbocycles. The van der Waals surface area contributed by atoms with Gasteiger partial charge in [0.25, 0.3) is 0 Å². The molecule has 2 aromatic rings. The van der Waals surface area contributed by atoms with Crippen LogP contribution in [0.5, 0.6) is 5.75 Å². The molecule has 8 nitrogen and oxygen atoms in total. The van der Waals surface area contributed by atoms with E-state index < -0.39 is 0 Å². The number of nitrogens with one attached hydrogen (secondary N) is 1. The Bertz CT molecular complexity index is 681. The van der Waals surface area contributed by atoms with Crippen LogP contribution >= 0.6 is 0 Å². The fourth-order valence-electron chi connectivity index (χ4n) is 2.68. The lowest BCUT2D eigenvalue weighted by atomic mass is 10.2.